The van der Waals surface area contributed by atoms with E-state index in [-0.39, 0.29) is 17.1 Å². The number of benzene rings is 2. The van der Waals surface area contributed by atoms with Crippen molar-refractivity contribution in [3.8, 4) is 11.5 Å². The number of nitrogens with zero attached hydrogens (tertiary/aromatic N) is 1. The van der Waals surface area contributed by atoms with E-state index in [1.165, 1.54) is 14.2 Å². The zero-order valence-electron chi connectivity index (χ0n) is 16.8. The van der Waals surface area contributed by atoms with Crippen molar-refractivity contribution < 1.29 is 28.7 Å². The molecule has 0 bridgehead atoms. The molecule has 8 nitrogen and oxygen atoms in total. The van der Waals surface area contributed by atoms with Crippen LogP contribution in [0.15, 0.2) is 36.4 Å². The smallest absolute Gasteiger partial charge is 0.345 e. The van der Waals surface area contributed by atoms with Crippen molar-refractivity contribution in [3.63, 3.8) is 0 Å². The zero-order chi connectivity index (χ0) is 21.6. The van der Waals surface area contributed by atoms with Crippen LogP contribution in [0, 0.1) is 10.1 Å². The van der Waals surface area contributed by atoms with Crippen LogP contribution in [0.1, 0.15) is 52.5 Å². The molecule has 2 rings (SSSR count). The summed E-state index contributed by atoms with van der Waals surface area (Å²) in [6.07, 6.45) is 0.981. The lowest BCUT2D eigenvalue weighted by molar-refractivity contribution is -0.385. The number of hydrogen-bond donors (Lipinski definition) is 0. The van der Waals surface area contributed by atoms with E-state index >= 15 is 0 Å². The summed E-state index contributed by atoms with van der Waals surface area (Å²) in [6, 6.07) is 9.31. The van der Waals surface area contributed by atoms with Crippen LogP contribution in [0.3, 0.4) is 0 Å². The molecule has 0 aliphatic rings. The average molecular weight is 401 g/mol. The van der Waals surface area contributed by atoms with Crippen LogP contribution in [-0.2, 0) is 4.74 Å². The first-order chi connectivity index (χ1) is 13.8. The fraction of sp³-hybridized carbons (Fsp3) is 0.333. The Morgan fingerprint density at radius 3 is 2.17 bits per heavy atom. The Labute approximate surface area is 168 Å². The van der Waals surface area contributed by atoms with Gasteiger partial charge in [0.05, 0.1) is 25.2 Å². The Balaban J connectivity index is 2.16. The zero-order valence-corrected chi connectivity index (χ0v) is 16.8. The molecule has 2 aromatic carbocycles. The summed E-state index contributed by atoms with van der Waals surface area (Å²) in [5, 5.41) is 11.3. The number of Topliss-reactive ketones (excluding diaryl/α,β-unsaturated/α-hetero) is 1. The molecule has 0 aliphatic heterocycles. The molecule has 8 heteroatoms. The van der Waals surface area contributed by atoms with Gasteiger partial charge in [-0.3, -0.25) is 14.9 Å². The minimum absolute atomic E-state index is 0.105. The number of rotatable bonds is 9. The maximum absolute atomic E-state index is 12.4. The van der Waals surface area contributed by atoms with E-state index in [9.17, 15) is 19.7 Å². The molecule has 0 aromatic heterocycles. The summed E-state index contributed by atoms with van der Waals surface area (Å²) in [5.41, 5.74) is 0.680. The molecule has 0 radical (unpaired) electrons. The fourth-order valence-electron chi connectivity index (χ4n) is 2.71. The minimum Gasteiger partial charge on any atom is -0.493 e. The van der Waals surface area contributed by atoms with Gasteiger partial charge in [0.2, 0.25) is 0 Å². The van der Waals surface area contributed by atoms with Crippen molar-refractivity contribution in [2.24, 2.45) is 0 Å². The Hall–Kier alpha value is -3.42. The maximum Gasteiger partial charge on any atom is 0.345 e. The van der Waals surface area contributed by atoms with Crippen LogP contribution >= 0.6 is 0 Å². The van der Waals surface area contributed by atoms with Gasteiger partial charge >= 0.3 is 5.97 Å². The maximum atomic E-state index is 12.4. The fourth-order valence-corrected chi connectivity index (χ4v) is 2.71. The van der Waals surface area contributed by atoms with Crippen molar-refractivity contribution in [1.29, 1.82) is 0 Å². The summed E-state index contributed by atoms with van der Waals surface area (Å²) < 4.78 is 15.1. The molecule has 0 spiro atoms. The number of carbonyl (C=O) groups is 2. The third-order valence-corrected chi connectivity index (χ3v) is 4.67. The van der Waals surface area contributed by atoms with Crippen LogP contribution in [-0.4, -0.2) is 37.5 Å². The van der Waals surface area contributed by atoms with Gasteiger partial charge in [-0.15, -0.1) is 0 Å². The van der Waals surface area contributed by atoms with Gasteiger partial charge < -0.3 is 14.2 Å². The second-order valence-electron chi connectivity index (χ2n) is 6.41. The molecule has 0 aliphatic carbocycles. The molecule has 0 heterocycles. The highest BCUT2D eigenvalue weighted by atomic mass is 16.6. The van der Waals surface area contributed by atoms with Crippen molar-refractivity contribution in [2.45, 2.75) is 26.2 Å². The lowest BCUT2D eigenvalue weighted by Gasteiger charge is -2.11. The van der Waals surface area contributed by atoms with E-state index in [2.05, 4.69) is 13.8 Å². The Morgan fingerprint density at radius 2 is 1.66 bits per heavy atom. The highest BCUT2D eigenvalue weighted by Crippen LogP contribution is 2.34. The highest BCUT2D eigenvalue weighted by molar-refractivity contribution is 6.00. The molecule has 0 N–H and O–H groups in total. The predicted octanol–water partition coefficient (Wildman–Crippen LogP) is 4.17. The monoisotopic (exact) mass is 401 g/mol. The average Bonchev–Trinajstić information content (AvgIpc) is 2.75. The van der Waals surface area contributed by atoms with Gasteiger partial charge in [0, 0.05) is 11.6 Å². The number of carbonyl (C=O) groups excluding carboxylic acids is 2. The Bertz CT molecular complexity index is 906. The quantitative estimate of drug-likeness (QED) is 0.269. The lowest BCUT2D eigenvalue weighted by atomic mass is 9.97. The van der Waals surface area contributed by atoms with Crippen molar-refractivity contribution in [1.82, 2.24) is 0 Å². The summed E-state index contributed by atoms with van der Waals surface area (Å²) in [4.78, 5) is 35.3. The van der Waals surface area contributed by atoms with Crippen LogP contribution in [0.4, 0.5) is 5.69 Å². The molecule has 0 saturated carbocycles. The van der Waals surface area contributed by atoms with Gasteiger partial charge in [-0.2, -0.15) is 0 Å². The van der Waals surface area contributed by atoms with Gasteiger partial charge in [0.25, 0.3) is 5.69 Å². The standard InChI is InChI=1S/C21H23NO7/c1-5-13(2)14-6-8-15(9-7-14)18(23)12-29-21(24)16-10-19(27-3)20(28-4)11-17(16)22(25)26/h6-11,13H,5,12H2,1-4H3/t13-/m0/s1. The van der Waals surface area contributed by atoms with Gasteiger partial charge in [-0.05, 0) is 17.9 Å². The summed E-state index contributed by atoms with van der Waals surface area (Å²) in [5.74, 6) is -0.785. The number of methoxy groups -OCH3 is 2. The first-order valence-corrected chi connectivity index (χ1v) is 9.03. The minimum atomic E-state index is -0.998. The number of nitro groups is 1. The highest BCUT2D eigenvalue weighted by Gasteiger charge is 2.26. The number of esters is 1. The number of ketones is 1. The van der Waals surface area contributed by atoms with Crippen molar-refractivity contribution in [2.75, 3.05) is 20.8 Å². The van der Waals surface area contributed by atoms with E-state index in [0.29, 0.717) is 11.5 Å². The predicted molar refractivity (Wildman–Crippen MR) is 106 cm³/mol. The molecule has 0 unspecified atom stereocenters. The first-order valence-electron chi connectivity index (χ1n) is 9.03. The van der Waals surface area contributed by atoms with Crippen LogP contribution < -0.4 is 9.47 Å². The number of ether oxygens (including phenoxy) is 3. The molecule has 154 valence electrons. The topological polar surface area (TPSA) is 105 Å². The van der Waals surface area contributed by atoms with Crippen LogP contribution in [0.2, 0.25) is 0 Å². The SMILES string of the molecule is CC[C@H](C)c1ccc(C(=O)COC(=O)c2cc(OC)c(OC)cc2[N+](=O)[O-])cc1. The van der Waals surface area contributed by atoms with Gasteiger partial charge in [-0.25, -0.2) is 4.79 Å². The Kier molecular flexibility index (Phi) is 7.30. The van der Waals surface area contributed by atoms with E-state index in [1.807, 2.05) is 12.1 Å². The molecule has 0 amide bonds. The summed E-state index contributed by atoms with van der Waals surface area (Å²) in [6.45, 7) is 3.64. The summed E-state index contributed by atoms with van der Waals surface area (Å²) in [7, 11) is 2.66. The lowest BCUT2D eigenvalue weighted by Crippen LogP contribution is -2.15. The van der Waals surface area contributed by atoms with Gasteiger partial charge in [0.15, 0.2) is 23.9 Å². The van der Waals surface area contributed by atoms with Crippen LogP contribution in [0.5, 0.6) is 11.5 Å². The van der Waals surface area contributed by atoms with E-state index in [4.69, 9.17) is 14.2 Å². The third-order valence-electron chi connectivity index (χ3n) is 4.67. The number of nitro benzene ring substituents is 1. The van der Waals surface area contributed by atoms with Crippen molar-refractivity contribution in [3.05, 3.63) is 63.2 Å². The molecule has 0 fully saturated rings. The van der Waals surface area contributed by atoms with Gasteiger partial charge in [0.1, 0.15) is 5.56 Å². The second kappa shape index (κ2) is 9.68. The first kappa shape index (κ1) is 21.9. The molecule has 0 saturated heterocycles. The molecule has 29 heavy (non-hydrogen) atoms. The van der Waals surface area contributed by atoms with Crippen molar-refractivity contribution >= 4 is 17.4 Å². The van der Waals surface area contributed by atoms with E-state index in [1.54, 1.807) is 12.1 Å². The molecule has 2 aromatic rings. The van der Waals surface area contributed by atoms with Gasteiger partial charge in [-0.1, -0.05) is 38.1 Å². The molecular formula is C21H23NO7. The van der Waals surface area contributed by atoms with E-state index < -0.39 is 29.0 Å². The Morgan fingerprint density at radius 1 is 1.07 bits per heavy atom. The largest absolute Gasteiger partial charge is 0.493 e. The normalized spacial score (nSPS) is 11.4. The third kappa shape index (κ3) is 5.10. The number of hydrogen-bond acceptors (Lipinski definition) is 7. The van der Waals surface area contributed by atoms with Crippen LogP contribution in [0.25, 0.3) is 0 Å². The summed E-state index contributed by atoms with van der Waals surface area (Å²) >= 11 is 0. The molecular weight excluding hydrogens is 378 g/mol. The molecule has 1 atom stereocenters. The van der Waals surface area contributed by atoms with E-state index in [0.717, 1.165) is 24.1 Å². The second-order valence-corrected chi connectivity index (χ2v) is 6.41.